The third-order valence-corrected chi connectivity index (χ3v) is 6.05. The quantitative estimate of drug-likeness (QED) is 0.607. The number of benzene rings is 2. The second-order valence-corrected chi connectivity index (χ2v) is 8.30. The molecule has 4 rings (SSSR count). The molecular weight excluding hydrogens is 356 g/mol. The first-order valence-electron chi connectivity index (χ1n) is 9.51. The van der Waals surface area contributed by atoms with Crippen LogP contribution in [0, 0.1) is 0 Å². The minimum Gasteiger partial charge on any atom is -0.376 e. The van der Waals surface area contributed by atoms with Crippen molar-refractivity contribution < 1.29 is 9.53 Å². The van der Waals surface area contributed by atoms with Gasteiger partial charge in [-0.2, -0.15) is 0 Å². The van der Waals surface area contributed by atoms with Gasteiger partial charge in [-0.25, -0.2) is 4.98 Å². The van der Waals surface area contributed by atoms with Crippen LogP contribution in [0.4, 0.5) is 5.13 Å². The van der Waals surface area contributed by atoms with Gasteiger partial charge < -0.3 is 4.74 Å². The van der Waals surface area contributed by atoms with E-state index in [-0.39, 0.29) is 12.0 Å². The summed E-state index contributed by atoms with van der Waals surface area (Å²) in [5.74, 6) is 0.432. The summed E-state index contributed by atoms with van der Waals surface area (Å²) in [6, 6.07) is 15.9. The number of carbonyl (C=O) groups excluding carboxylic acids is 1. The van der Waals surface area contributed by atoms with Gasteiger partial charge in [-0.05, 0) is 48.6 Å². The van der Waals surface area contributed by atoms with E-state index in [2.05, 4.69) is 13.8 Å². The Balaban J connectivity index is 1.66. The minimum absolute atomic E-state index is 0.0140. The fourth-order valence-electron chi connectivity index (χ4n) is 3.38. The number of hydrogen-bond acceptors (Lipinski definition) is 4. The van der Waals surface area contributed by atoms with E-state index in [9.17, 15) is 4.79 Å². The average molecular weight is 381 g/mol. The SMILES string of the molecule is CC(C)c1ccc(C(=O)N(CC2CCCO2)c2nc3ccccc3s2)cc1. The predicted molar refractivity (Wildman–Crippen MR) is 111 cm³/mol. The lowest BCUT2D eigenvalue weighted by atomic mass is 10.0. The third kappa shape index (κ3) is 3.89. The van der Waals surface area contributed by atoms with Crippen molar-refractivity contribution in [3.63, 3.8) is 0 Å². The molecule has 0 bridgehead atoms. The first-order chi connectivity index (χ1) is 13.1. The van der Waals surface area contributed by atoms with Gasteiger partial charge in [-0.15, -0.1) is 0 Å². The van der Waals surface area contributed by atoms with Gasteiger partial charge in [0.1, 0.15) is 0 Å². The fraction of sp³-hybridized carbons (Fsp3) is 0.364. The monoisotopic (exact) mass is 380 g/mol. The van der Waals surface area contributed by atoms with E-state index in [0.717, 1.165) is 34.8 Å². The normalized spacial score (nSPS) is 16.9. The second kappa shape index (κ2) is 7.79. The first kappa shape index (κ1) is 18.1. The lowest BCUT2D eigenvalue weighted by Gasteiger charge is -2.23. The van der Waals surface area contributed by atoms with Crippen LogP contribution in [0.2, 0.25) is 0 Å². The topological polar surface area (TPSA) is 42.4 Å². The maximum atomic E-state index is 13.3. The van der Waals surface area contributed by atoms with E-state index in [1.165, 1.54) is 5.56 Å². The number of para-hydroxylation sites is 1. The molecule has 27 heavy (non-hydrogen) atoms. The number of thiazole rings is 1. The summed E-state index contributed by atoms with van der Waals surface area (Å²) in [5, 5.41) is 0.740. The van der Waals surface area contributed by atoms with E-state index in [4.69, 9.17) is 9.72 Å². The Morgan fingerprint density at radius 1 is 1.22 bits per heavy atom. The van der Waals surface area contributed by atoms with Crippen LogP contribution in [0.25, 0.3) is 10.2 Å². The summed E-state index contributed by atoms with van der Waals surface area (Å²) in [7, 11) is 0. The largest absolute Gasteiger partial charge is 0.376 e. The minimum atomic E-state index is -0.0140. The summed E-state index contributed by atoms with van der Waals surface area (Å²) in [6.07, 6.45) is 2.12. The van der Waals surface area contributed by atoms with Crippen LogP contribution in [-0.2, 0) is 4.74 Å². The van der Waals surface area contributed by atoms with E-state index < -0.39 is 0 Å². The molecule has 4 nitrogen and oxygen atoms in total. The molecule has 0 spiro atoms. The number of rotatable bonds is 5. The van der Waals surface area contributed by atoms with Crippen LogP contribution in [-0.4, -0.2) is 30.1 Å². The Morgan fingerprint density at radius 2 is 2.00 bits per heavy atom. The van der Waals surface area contributed by atoms with Gasteiger partial charge in [-0.1, -0.05) is 49.4 Å². The van der Waals surface area contributed by atoms with E-state index in [1.54, 1.807) is 16.2 Å². The van der Waals surface area contributed by atoms with Gasteiger partial charge in [0.15, 0.2) is 5.13 Å². The highest BCUT2D eigenvalue weighted by Gasteiger charge is 2.27. The van der Waals surface area contributed by atoms with Crippen molar-refractivity contribution in [2.45, 2.75) is 38.7 Å². The molecular formula is C22H24N2O2S. The van der Waals surface area contributed by atoms with Crippen molar-refractivity contribution >= 4 is 32.6 Å². The molecule has 5 heteroatoms. The standard InChI is InChI=1S/C22H24N2O2S/c1-15(2)16-9-11-17(12-10-16)21(25)24(14-18-6-5-13-26-18)22-23-19-7-3-4-8-20(19)27-22/h3-4,7-12,15,18H,5-6,13-14H2,1-2H3. The number of hydrogen-bond donors (Lipinski definition) is 0. The van der Waals surface area contributed by atoms with E-state index in [1.807, 2.05) is 48.5 Å². The van der Waals surface area contributed by atoms with Crippen LogP contribution < -0.4 is 4.90 Å². The fourth-order valence-corrected chi connectivity index (χ4v) is 4.35. The smallest absolute Gasteiger partial charge is 0.260 e. The number of aromatic nitrogens is 1. The van der Waals surface area contributed by atoms with Crippen LogP contribution in [0.1, 0.15) is 48.5 Å². The predicted octanol–water partition coefficient (Wildman–Crippen LogP) is 5.25. The molecule has 2 heterocycles. The zero-order valence-corrected chi connectivity index (χ0v) is 16.5. The zero-order chi connectivity index (χ0) is 18.8. The highest BCUT2D eigenvalue weighted by atomic mass is 32.1. The molecule has 0 saturated carbocycles. The average Bonchev–Trinajstić information content (AvgIpc) is 3.34. The summed E-state index contributed by atoms with van der Waals surface area (Å²) >= 11 is 1.56. The maximum absolute atomic E-state index is 13.3. The molecule has 1 saturated heterocycles. The summed E-state index contributed by atoms with van der Waals surface area (Å²) in [5.41, 5.74) is 2.85. The lowest BCUT2D eigenvalue weighted by Crippen LogP contribution is -2.37. The number of anilines is 1. The molecule has 2 aromatic carbocycles. The van der Waals surface area contributed by atoms with Crippen LogP contribution in [0.15, 0.2) is 48.5 Å². The maximum Gasteiger partial charge on any atom is 0.260 e. The lowest BCUT2D eigenvalue weighted by molar-refractivity contribution is 0.0917. The summed E-state index contributed by atoms with van der Waals surface area (Å²) in [6.45, 7) is 5.63. The second-order valence-electron chi connectivity index (χ2n) is 7.29. The summed E-state index contributed by atoms with van der Waals surface area (Å²) in [4.78, 5) is 19.8. The number of nitrogens with zero attached hydrogens (tertiary/aromatic N) is 2. The molecule has 1 atom stereocenters. The summed E-state index contributed by atoms with van der Waals surface area (Å²) < 4.78 is 6.89. The van der Waals surface area contributed by atoms with Gasteiger partial charge in [0, 0.05) is 12.2 Å². The number of fused-ring (bicyclic) bond motifs is 1. The highest BCUT2D eigenvalue weighted by molar-refractivity contribution is 7.22. The van der Waals surface area contributed by atoms with Gasteiger partial charge in [-0.3, -0.25) is 9.69 Å². The van der Waals surface area contributed by atoms with E-state index in [0.29, 0.717) is 18.0 Å². The number of carbonyl (C=O) groups is 1. The molecule has 1 unspecified atom stereocenters. The Hall–Kier alpha value is -2.24. The molecule has 0 aliphatic carbocycles. The Bertz CT molecular complexity index is 894. The van der Waals surface area contributed by atoms with Crippen LogP contribution in [0.3, 0.4) is 0 Å². The van der Waals surface area contributed by atoms with Gasteiger partial charge in [0.05, 0.1) is 22.9 Å². The molecule has 1 aromatic heterocycles. The molecule has 1 amide bonds. The van der Waals surface area contributed by atoms with Crippen molar-refractivity contribution in [2.75, 3.05) is 18.1 Å². The van der Waals surface area contributed by atoms with Crippen molar-refractivity contribution in [3.8, 4) is 0 Å². The van der Waals surface area contributed by atoms with Crippen molar-refractivity contribution in [2.24, 2.45) is 0 Å². The number of ether oxygens (including phenoxy) is 1. The van der Waals surface area contributed by atoms with Crippen molar-refractivity contribution in [1.82, 2.24) is 4.98 Å². The molecule has 1 aliphatic rings. The van der Waals surface area contributed by atoms with E-state index >= 15 is 0 Å². The molecule has 140 valence electrons. The van der Waals surface area contributed by atoms with Crippen LogP contribution in [0.5, 0.6) is 0 Å². The Labute approximate surface area is 163 Å². The van der Waals surface area contributed by atoms with Crippen molar-refractivity contribution in [3.05, 3.63) is 59.7 Å². The zero-order valence-electron chi connectivity index (χ0n) is 15.7. The van der Waals surface area contributed by atoms with Gasteiger partial charge in [0.25, 0.3) is 5.91 Å². The molecule has 0 radical (unpaired) electrons. The first-order valence-corrected chi connectivity index (χ1v) is 10.3. The highest BCUT2D eigenvalue weighted by Crippen LogP contribution is 2.31. The van der Waals surface area contributed by atoms with Crippen LogP contribution >= 0.6 is 11.3 Å². The van der Waals surface area contributed by atoms with Gasteiger partial charge in [0.2, 0.25) is 0 Å². The molecule has 3 aromatic rings. The van der Waals surface area contributed by atoms with Crippen molar-refractivity contribution in [1.29, 1.82) is 0 Å². The number of amides is 1. The molecule has 1 aliphatic heterocycles. The molecule has 0 N–H and O–H groups in total. The Morgan fingerprint density at radius 3 is 2.67 bits per heavy atom. The third-order valence-electron chi connectivity index (χ3n) is 4.99. The van der Waals surface area contributed by atoms with Gasteiger partial charge >= 0.3 is 0 Å². The Kier molecular flexibility index (Phi) is 5.23. The molecule has 1 fully saturated rings.